The van der Waals surface area contributed by atoms with Crippen molar-refractivity contribution in [3.63, 3.8) is 0 Å². The zero-order valence-electron chi connectivity index (χ0n) is 19.2. The molecular weight excluding hydrogens is 450 g/mol. The molecule has 3 fully saturated rings. The molecule has 3 aliphatic heterocycles. The molecule has 1 aromatic carbocycles. The molecule has 1 atom stereocenters. The van der Waals surface area contributed by atoms with Crippen molar-refractivity contribution < 1.29 is 22.0 Å². The van der Waals surface area contributed by atoms with Crippen LogP contribution in [0.25, 0.3) is 0 Å². The number of carbonyl (C=O) groups excluding carboxylic acids is 1. The number of hydrogen-bond donors (Lipinski definition) is 1. The van der Waals surface area contributed by atoms with Gasteiger partial charge in [0.15, 0.2) is 0 Å². The molecule has 0 spiro atoms. The Morgan fingerprint density at radius 1 is 1.00 bits per heavy atom. The molecule has 3 heterocycles. The summed E-state index contributed by atoms with van der Waals surface area (Å²) in [4.78, 5) is 16.3. The van der Waals surface area contributed by atoms with E-state index >= 15 is 0 Å². The van der Waals surface area contributed by atoms with Gasteiger partial charge in [0.25, 0.3) is 0 Å². The molecule has 2 amide bonds. The summed E-state index contributed by atoms with van der Waals surface area (Å²) in [5.41, 5.74) is 0.661. The highest BCUT2D eigenvalue weighted by Crippen LogP contribution is 2.37. The predicted molar refractivity (Wildman–Crippen MR) is 122 cm³/mol. The van der Waals surface area contributed by atoms with Crippen LogP contribution in [0.3, 0.4) is 0 Å². The average Bonchev–Trinajstić information content (AvgIpc) is 3.19. The first kappa shape index (κ1) is 24.3. The molecule has 0 aromatic heterocycles. The zero-order chi connectivity index (χ0) is 23.6. The van der Waals surface area contributed by atoms with E-state index in [1.807, 2.05) is 4.90 Å². The van der Waals surface area contributed by atoms with E-state index in [0.29, 0.717) is 38.0 Å². The largest absolute Gasteiger partial charge is 0.336 e. The smallest absolute Gasteiger partial charge is 0.317 e. The van der Waals surface area contributed by atoms with Gasteiger partial charge in [-0.15, -0.1) is 0 Å². The van der Waals surface area contributed by atoms with Gasteiger partial charge in [0.1, 0.15) is 11.6 Å². The lowest BCUT2D eigenvalue weighted by atomic mass is 9.78. The van der Waals surface area contributed by atoms with Crippen molar-refractivity contribution in [1.82, 2.24) is 19.4 Å². The number of carbonyl (C=O) groups is 1. The van der Waals surface area contributed by atoms with Crippen LogP contribution < -0.4 is 5.32 Å². The Balaban J connectivity index is 1.39. The molecule has 1 N–H and O–H groups in total. The molecule has 33 heavy (non-hydrogen) atoms. The minimum absolute atomic E-state index is 0.0287. The highest BCUT2D eigenvalue weighted by atomic mass is 32.2. The van der Waals surface area contributed by atoms with Gasteiger partial charge in [0.05, 0.1) is 6.26 Å². The van der Waals surface area contributed by atoms with Crippen molar-refractivity contribution in [2.75, 3.05) is 52.1 Å². The van der Waals surface area contributed by atoms with Gasteiger partial charge in [0, 0.05) is 51.4 Å². The van der Waals surface area contributed by atoms with E-state index in [9.17, 15) is 22.0 Å². The Hall–Kier alpha value is -1.78. The molecule has 184 valence electrons. The lowest BCUT2D eigenvalue weighted by Gasteiger charge is -2.38. The Morgan fingerprint density at radius 3 is 2.18 bits per heavy atom. The number of urea groups is 1. The van der Waals surface area contributed by atoms with Gasteiger partial charge in [-0.05, 0) is 68.2 Å². The number of nitrogens with one attached hydrogen (secondary N) is 1. The normalized spacial score (nSPS) is 23.1. The minimum Gasteiger partial charge on any atom is -0.336 e. The lowest BCUT2D eigenvalue weighted by molar-refractivity contribution is 0.129. The van der Waals surface area contributed by atoms with Crippen molar-refractivity contribution in [1.29, 1.82) is 0 Å². The fourth-order valence-electron chi connectivity index (χ4n) is 5.68. The standard InChI is InChI=1S/C23H34F2N4O3S/c1-33(31,32)28-11-2-17(3-12-28)22(18-14-19(24)16-20(25)15-18)6-10-27-8-4-21(5-9-27)29-13-7-26-23(29)30/h14-17,21-22H,2-13H2,1H3,(H,26,30). The zero-order valence-corrected chi connectivity index (χ0v) is 20.0. The van der Waals surface area contributed by atoms with Gasteiger partial charge in [0.2, 0.25) is 10.0 Å². The summed E-state index contributed by atoms with van der Waals surface area (Å²) >= 11 is 0. The Morgan fingerprint density at radius 2 is 1.64 bits per heavy atom. The summed E-state index contributed by atoms with van der Waals surface area (Å²) in [5, 5.41) is 2.87. The molecule has 0 saturated carbocycles. The summed E-state index contributed by atoms with van der Waals surface area (Å²) in [6.07, 6.45) is 5.21. The van der Waals surface area contributed by atoms with Crippen LogP contribution in [-0.2, 0) is 10.0 Å². The fraction of sp³-hybridized carbons (Fsp3) is 0.696. The third-order valence-corrected chi connectivity index (χ3v) is 8.80. The Kier molecular flexibility index (Phi) is 7.55. The molecular formula is C23H34F2N4O3S. The van der Waals surface area contributed by atoms with E-state index in [4.69, 9.17) is 0 Å². The third kappa shape index (κ3) is 6.02. The summed E-state index contributed by atoms with van der Waals surface area (Å²) in [6, 6.07) is 4.05. The molecule has 3 aliphatic rings. The van der Waals surface area contributed by atoms with Crippen LogP contribution in [-0.4, -0.2) is 86.7 Å². The number of nitrogens with zero attached hydrogens (tertiary/aromatic N) is 3. The summed E-state index contributed by atoms with van der Waals surface area (Å²) < 4.78 is 53.3. The fourth-order valence-corrected chi connectivity index (χ4v) is 6.56. The van der Waals surface area contributed by atoms with Crippen LogP contribution in [0.2, 0.25) is 0 Å². The number of benzene rings is 1. The number of amides is 2. The number of hydrogen-bond acceptors (Lipinski definition) is 4. The Bertz CT molecular complexity index is 925. The van der Waals surface area contributed by atoms with E-state index in [-0.39, 0.29) is 23.9 Å². The first-order chi connectivity index (χ1) is 15.7. The van der Waals surface area contributed by atoms with Crippen LogP contribution in [0.1, 0.15) is 43.6 Å². The number of sulfonamides is 1. The van der Waals surface area contributed by atoms with Crippen LogP contribution in [0.15, 0.2) is 18.2 Å². The second-order valence-electron chi connectivity index (χ2n) is 9.60. The van der Waals surface area contributed by atoms with Gasteiger partial charge < -0.3 is 15.1 Å². The molecule has 7 nitrogen and oxygen atoms in total. The second-order valence-corrected chi connectivity index (χ2v) is 11.6. The summed E-state index contributed by atoms with van der Waals surface area (Å²) in [7, 11) is -3.23. The molecule has 10 heteroatoms. The second kappa shape index (κ2) is 10.2. The maximum atomic E-state index is 14.0. The van der Waals surface area contributed by atoms with Gasteiger partial charge >= 0.3 is 6.03 Å². The van der Waals surface area contributed by atoms with E-state index in [2.05, 4.69) is 10.2 Å². The molecule has 4 rings (SSSR count). The van der Waals surface area contributed by atoms with Gasteiger partial charge in [-0.25, -0.2) is 26.3 Å². The number of halogens is 2. The van der Waals surface area contributed by atoms with Gasteiger partial charge in [-0.1, -0.05) is 0 Å². The first-order valence-corrected chi connectivity index (χ1v) is 13.7. The number of piperidine rings is 2. The third-order valence-electron chi connectivity index (χ3n) is 7.49. The highest BCUT2D eigenvalue weighted by molar-refractivity contribution is 7.88. The maximum absolute atomic E-state index is 14.0. The minimum atomic E-state index is -3.23. The van der Waals surface area contributed by atoms with Crippen molar-refractivity contribution in [3.05, 3.63) is 35.4 Å². The van der Waals surface area contributed by atoms with Crippen LogP contribution in [0.4, 0.5) is 13.6 Å². The van der Waals surface area contributed by atoms with E-state index in [1.54, 1.807) is 0 Å². The van der Waals surface area contributed by atoms with Crippen molar-refractivity contribution in [3.8, 4) is 0 Å². The molecule has 0 radical (unpaired) electrons. The highest BCUT2D eigenvalue weighted by Gasteiger charge is 2.33. The average molecular weight is 485 g/mol. The molecule has 1 aromatic rings. The maximum Gasteiger partial charge on any atom is 0.317 e. The SMILES string of the molecule is CS(=O)(=O)N1CCC(C(CCN2CCC(N3CCNC3=O)CC2)c2cc(F)cc(F)c2)CC1. The molecule has 1 unspecified atom stereocenters. The van der Waals surface area contributed by atoms with E-state index in [0.717, 1.165) is 51.5 Å². The van der Waals surface area contributed by atoms with Gasteiger partial charge in [-0.2, -0.15) is 0 Å². The topological polar surface area (TPSA) is 73.0 Å². The van der Waals surface area contributed by atoms with Crippen LogP contribution in [0.5, 0.6) is 0 Å². The quantitative estimate of drug-likeness (QED) is 0.646. The molecule has 0 bridgehead atoms. The number of likely N-dealkylation sites (tertiary alicyclic amines) is 1. The molecule has 0 aliphatic carbocycles. The van der Waals surface area contributed by atoms with Crippen molar-refractivity contribution >= 4 is 16.1 Å². The Labute approximate surface area is 195 Å². The van der Waals surface area contributed by atoms with Gasteiger partial charge in [-0.3, -0.25) is 0 Å². The van der Waals surface area contributed by atoms with Crippen LogP contribution >= 0.6 is 0 Å². The number of rotatable bonds is 7. The first-order valence-electron chi connectivity index (χ1n) is 11.9. The predicted octanol–water partition coefficient (Wildman–Crippen LogP) is 2.60. The molecule has 3 saturated heterocycles. The summed E-state index contributed by atoms with van der Waals surface area (Å²) in [5.74, 6) is -1.00. The monoisotopic (exact) mass is 484 g/mol. The van der Waals surface area contributed by atoms with E-state index < -0.39 is 21.7 Å². The van der Waals surface area contributed by atoms with Crippen molar-refractivity contribution in [2.45, 2.75) is 44.1 Å². The van der Waals surface area contributed by atoms with E-state index in [1.165, 1.54) is 22.7 Å². The van der Waals surface area contributed by atoms with Crippen LogP contribution in [0, 0.1) is 17.6 Å². The summed E-state index contributed by atoms with van der Waals surface area (Å²) in [6.45, 7) is 4.97. The lowest BCUT2D eigenvalue weighted by Crippen LogP contribution is -2.46. The van der Waals surface area contributed by atoms with Crippen molar-refractivity contribution in [2.24, 2.45) is 5.92 Å².